The summed E-state index contributed by atoms with van der Waals surface area (Å²) in [6.45, 7) is 8.27. The maximum atomic E-state index is 12.4. The van der Waals surface area contributed by atoms with Gasteiger partial charge in [0, 0.05) is 63.2 Å². The molecule has 0 saturated carbocycles. The first-order valence-electron chi connectivity index (χ1n) is 12.9. The van der Waals surface area contributed by atoms with Crippen LogP contribution in [-0.2, 0) is 6.42 Å². The van der Waals surface area contributed by atoms with Crippen LogP contribution >= 0.6 is 0 Å². The van der Waals surface area contributed by atoms with Crippen molar-refractivity contribution in [1.29, 1.82) is 0 Å². The molecule has 1 aliphatic heterocycles. The maximum Gasteiger partial charge on any atom is 0.255 e. The van der Waals surface area contributed by atoms with E-state index in [0.29, 0.717) is 18.0 Å². The highest BCUT2D eigenvalue weighted by atomic mass is 16.2. The van der Waals surface area contributed by atoms with Gasteiger partial charge in [-0.15, -0.1) is 5.10 Å². The van der Waals surface area contributed by atoms with Crippen LogP contribution in [0.3, 0.4) is 0 Å². The molecule has 3 aromatic rings. The minimum absolute atomic E-state index is 0.000897. The zero-order valence-electron chi connectivity index (χ0n) is 21.4. The van der Waals surface area contributed by atoms with Crippen molar-refractivity contribution in [3.63, 3.8) is 0 Å². The Hall–Kier alpha value is -3.74. The number of fused-ring (bicyclic) bond motifs is 1. The van der Waals surface area contributed by atoms with Gasteiger partial charge < -0.3 is 14.7 Å². The number of carbonyl (C=O) groups is 1. The van der Waals surface area contributed by atoms with Gasteiger partial charge in [-0.2, -0.15) is 5.10 Å². The number of carbonyl (C=O) groups excluding carboxylic acids is 1. The molecule has 1 amide bonds. The average Bonchev–Trinajstić information content (AvgIpc) is 2.94. The van der Waals surface area contributed by atoms with E-state index in [9.17, 15) is 4.79 Å². The van der Waals surface area contributed by atoms with Gasteiger partial charge in [-0.25, -0.2) is 4.98 Å². The van der Waals surface area contributed by atoms with Crippen LogP contribution in [0.2, 0.25) is 0 Å². The smallest absolute Gasteiger partial charge is 0.255 e. The number of amides is 1. The molecule has 0 radical (unpaired) electrons. The lowest BCUT2D eigenvalue weighted by Gasteiger charge is -2.36. The molecule has 7 heteroatoms. The highest BCUT2D eigenvalue weighted by molar-refractivity contribution is 5.94. The Kier molecular flexibility index (Phi) is 6.98. The Morgan fingerprint density at radius 1 is 1.03 bits per heavy atom. The Morgan fingerprint density at radius 2 is 1.78 bits per heavy atom. The molecule has 2 aliphatic rings. The van der Waals surface area contributed by atoms with Gasteiger partial charge in [-0.05, 0) is 31.4 Å². The van der Waals surface area contributed by atoms with Crippen LogP contribution in [0.1, 0.15) is 36.3 Å². The third kappa shape index (κ3) is 4.83. The molecule has 1 atom stereocenters. The second-order valence-electron chi connectivity index (χ2n) is 9.70. The summed E-state index contributed by atoms with van der Waals surface area (Å²) in [6.07, 6.45) is 10.2. The molecule has 2 aromatic heterocycles. The minimum Gasteiger partial charge on any atom is -0.353 e. The molecule has 36 heavy (non-hydrogen) atoms. The van der Waals surface area contributed by atoms with Crippen molar-refractivity contribution in [2.45, 2.75) is 26.7 Å². The average molecular weight is 483 g/mol. The van der Waals surface area contributed by atoms with Crippen molar-refractivity contribution < 1.29 is 4.79 Å². The van der Waals surface area contributed by atoms with Crippen LogP contribution in [-0.4, -0.2) is 65.8 Å². The zero-order chi connectivity index (χ0) is 25.1. The molecule has 1 unspecified atom stereocenters. The first-order valence-corrected chi connectivity index (χ1v) is 12.9. The van der Waals surface area contributed by atoms with Gasteiger partial charge in [-0.3, -0.25) is 4.79 Å². The second-order valence-corrected chi connectivity index (χ2v) is 9.70. The predicted octanol–water partition coefficient (Wildman–Crippen LogP) is 4.51. The first-order chi connectivity index (χ1) is 17.5. The number of anilines is 2. The fourth-order valence-corrected chi connectivity index (χ4v) is 4.94. The summed E-state index contributed by atoms with van der Waals surface area (Å²) in [7, 11) is 1.81. The largest absolute Gasteiger partial charge is 0.353 e. The lowest BCUT2D eigenvalue weighted by atomic mass is 9.89. The normalized spacial score (nSPS) is 17.9. The van der Waals surface area contributed by atoms with Gasteiger partial charge in [-0.1, -0.05) is 55.0 Å². The molecule has 5 rings (SSSR count). The molecule has 1 aliphatic carbocycles. The number of hydrogen-bond acceptors (Lipinski definition) is 6. The molecular weight excluding hydrogens is 448 g/mol. The molecule has 7 nitrogen and oxygen atoms in total. The molecule has 0 N–H and O–H groups in total. The fraction of sp³-hybridized carbons (Fsp3) is 0.379. The Morgan fingerprint density at radius 3 is 2.47 bits per heavy atom. The van der Waals surface area contributed by atoms with E-state index in [1.165, 1.54) is 11.0 Å². The van der Waals surface area contributed by atoms with E-state index >= 15 is 0 Å². The summed E-state index contributed by atoms with van der Waals surface area (Å²) in [5.41, 5.74) is 3.09. The van der Waals surface area contributed by atoms with Gasteiger partial charge in [0.05, 0.1) is 11.3 Å². The van der Waals surface area contributed by atoms with Crippen molar-refractivity contribution in [2.24, 2.45) is 5.92 Å². The van der Waals surface area contributed by atoms with Crippen molar-refractivity contribution in [3.8, 4) is 0 Å². The van der Waals surface area contributed by atoms with Crippen LogP contribution in [0.25, 0.3) is 10.8 Å². The molecule has 0 spiro atoms. The number of benzene rings is 1. The van der Waals surface area contributed by atoms with E-state index in [4.69, 9.17) is 10.2 Å². The summed E-state index contributed by atoms with van der Waals surface area (Å²) in [4.78, 5) is 23.2. The molecule has 1 aromatic carbocycles. The number of hydrogen-bond donors (Lipinski definition) is 0. The first kappa shape index (κ1) is 24.0. The number of pyridine rings is 1. The number of aromatic nitrogens is 3. The maximum absolute atomic E-state index is 12.4. The van der Waals surface area contributed by atoms with Crippen molar-refractivity contribution in [2.75, 3.05) is 49.6 Å². The summed E-state index contributed by atoms with van der Waals surface area (Å²) in [6, 6.07) is 12.3. The molecule has 1 fully saturated rings. The molecule has 3 heterocycles. The lowest BCUT2D eigenvalue weighted by molar-refractivity contribution is 0.0802. The van der Waals surface area contributed by atoms with Crippen LogP contribution < -0.4 is 9.80 Å². The van der Waals surface area contributed by atoms with Gasteiger partial charge >= 0.3 is 0 Å². The van der Waals surface area contributed by atoms with E-state index in [1.807, 2.05) is 19.1 Å². The van der Waals surface area contributed by atoms with Gasteiger partial charge in [0.1, 0.15) is 5.82 Å². The number of nitrogens with zero attached hydrogens (tertiary/aromatic N) is 6. The molecule has 0 bridgehead atoms. The molecule has 186 valence electrons. The van der Waals surface area contributed by atoms with Gasteiger partial charge in [0.2, 0.25) is 0 Å². The summed E-state index contributed by atoms with van der Waals surface area (Å²) in [5.74, 6) is 2.40. The SMILES string of the molecule is CCN(C)C(=O)c1ccc(N2CCN(c3nnc(CC4=CC=CCC4C)c4ccccc34)CC2)nc1. The summed E-state index contributed by atoms with van der Waals surface area (Å²) in [5, 5.41) is 11.8. The minimum atomic E-state index is 0.000897. The standard InChI is InChI=1S/C29H34N6O/c1-4-33(3)29(36)23-13-14-27(30-20-23)34-15-17-35(18-16-34)28-25-12-8-7-11-24(25)26(31-32-28)19-22-10-6-5-9-21(22)2/h5-8,10-14,20-21H,4,9,15-19H2,1-3H3. The Labute approximate surface area is 213 Å². The van der Waals surface area contributed by atoms with Crippen LogP contribution in [0, 0.1) is 5.92 Å². The lowest BCUT2D eigenvalue weighted by Crippen LogP contribution is -2.47. The highest BCUT2D eigenvalue weighted by Crippen LogP contribution is 2.30. The van der Waals surface area contributed by atoms with Crippen LogP contribution in [0.15, 0.2) is 66.4 Å². The third-order valence-corrected chi connectivity index (χ3v) is 7.40. The van der Waals surface area contributed by atoms with Gasteiger partial charge in [0.25, 0.3) is 5.91 Å². The Bertz CT molecular complexity index is 1290. The molecule has 1 saturated heterocycles. The predicted molar refractivity (Wildman–Crippen MR) is 146 cm³/mol. The van der Waals surface area contributed by atoms with E-state index < -0.39 is 0 Å². The van der Waals surface area contributed by atoms with Crippen LogP contribution in [0.4, 0.5) is 11.6 Å². The van der Waals surface area contributed by atoms with Gasteiger partial charge in [0.15, 0.2) is 5.82 Å². The van der Waals surface area contributed by atoms with Crippen molar-refractivity contribution in [3.05, 3.63) is 77.7 Å². The summed E-state index contributed by atoms with van der Waals surface area (Å²) < 4.78 is 0. The number of allylic oxidation sites excluding steroid dienone is 4. The quantitative estimate of drug-likeness (QED) is 0.515. The van der Waals surface area contributed by atoms with E-state index in [0.717, 1.165) is 61.7 Å². The van der Waals surface area contributed by atoms with E-state index in [-0.39, 0.29) is 5.91 Å². The zero-order valence-corrected chi connectivity index (χ0v) is 21.4. The topological polar surface area (TPSA) is 65.5 Å². The fourth-order valence-electron chi connectivity index (χ4n) is 4.94. The van der Waals surface area contributed by atoms with E-state index in [1.54, 1.807) is 18.1 Å². The second kappa shape index (κ2) is 10.5. The molecular formula is C29H34N6O. The summed E-state index contributed by atoms with van der Waals surface area (Å²) >= 11 is 0. The Balaban J connectivity index is 1.30. The number of rotatable bonds is 6. The third-order valence-electron chi connectivity index (χ3n) is 7.40. The van der Waals surface area contributed by atoms with Crippen molar-refractivity contribution in [1.82, 2.24) is 20.1 Å². The van der Waals surface area contributed by atoms with E-state index in [2.05, 4.69) is 64.2 Å². The monoisotopic (exact) mass is 482 g/mol. The number of piperazine rings is 1. The van der Waals surface area contributed by atoms with Crippen LogP contribution in [0.5, 0.6) is 0 Å². The van der Waals surface area contributed by atoms with Crippen molar-refractivity contribution >= 4 is 28.3 Å². The highest BCUT2D eigenvalue weighted by Gasteiger charge is 2.23.